The van der Waals surface area contributed by atoms with Crippen LogP contribution < -0.4 is 0 Å². The number of aliphatic carboxylic acids is 1. The molecule has 130 valence electrons. The number of furan rings is 1. The SMILES string of the molecule is CN(C(=O)OC(C)(C)C)[C@@H](CCOCC(=O)O)Cc1ccco1. The highest BCUT2D eigenvalue weighted by atomic mass is 16.6. The number of carbonyl (C=O) groups is 2. The molecular weight excluding hydrogens is 302 g/mol. The second kappa shape index (κ2) is 8.57. The lowest BCUT2D eigenvalue weighted by molar-refractivity contribution is -0.142. The van der Waals surface area contributed by atoms with Gasteiger partial charge in [0.2, 0.25) is 0 Å². The first kappa shape index (κ1) is 19.0. The van der Waals surface area contributed by atoms with E-state index in [0.717, 1.165) is 5.76 Å². The quantitative estimate of drug-likeness (QED) is 0.738. The lowest BCUT2D eigenvalue weighted by Crippen LogP contribution is -2.42. The van der Waals surface area contributed by atoms with Gasteiger partial charge < -0.3 is 23.9 Å². The van der Waals surface area contributed by atoms with Crippen LogP contribution in [0.1, 0.15) is 33.0 Å². The van der Waals surface area contributed by atoms with E-state index in [9.17, 15) is 9.59 Å². The highest BCUT2D eigenvalue weighted by Crippen LogP contribution is 2.16. The van der Waals surface area contributed by atoms with Crippen LogP contribution in [0, 0.1) is 0 Å². The third-order valence-electron chi connectivity index (χ3n) is 3.07. The van der Waals surface area contributed by atoms with Crippen molar-refractivity contribution in [2.24, 2.45) is 0 Å². The number of ether oxygens (including phenoxy) is 2. The monoisotopic (exact) mass is 327 g/mol. The zero-order chi connectivity index (χ0) is 17.5. The van der Waals surface area contributed by atoms with Crippen molar-refractivity contribution in [1.82, 2.24) is 4.90 Å². The number of hydrogen-bond acceptors (Lipinski definition) is 5. The summed E-state index contributed by atoms with van der Waals surface area (Å²) in [4.78, 5) is 24.2. The van der Waals surface area contributed by atoms with Gasteiger partial charge in [-0.25, -0.2) is 9.59 Å². The fourth-order valence-corrected chi connectivity index (χ4v) is 1.96. The van der Waals surface area contributed by atoms with E-state index in [1.165, 1.54) is 4.90 Å². The minimum atomic E-state index is -1.02. The second-order valence-corrected chi connectivity index (χ2v) is 6.26. The highest BCUT2D eigenvalue weighted by Gasteiger charge is 2.26. The van der Waals surface area contributed by atoms with Crippen molar-refractivity contribution in [3.8, 4) is 0 Å². The molecule has 0 spiro atoms. The third kappa shape index (κ3) is 7.69. The molecule has 0 aromatic carbocycles. The Morgan fingerprint density at radius 2 is 2.09 bits per heavy atom. The zero-order valence-corrected chi connectivity index (χ0v) is 14.1. The molecule has 0 aliphatic rings. The Labute approximate surface area is 136 Å². The average molecular weight is 327 g/mol. The van der Waals surface area contributed by atoms with Crippen molar-refractivity contribution in [3.05, 3.63) is 24.2 Å². The molecule has 0 saturated carbocycles. The number of carbonyl (C=O) groups excluding carboxylic acids is 1. The number of hydrogen-bond donors (Lipinski definition) is 1. The van der Waals surface area contributed by atoms with E-state index in [1.54, 1.807) is 40.1 Å². The lowest BCUT2D eigenvalue weighted by Gasteiger charge is -2.30. The lowest BCUT2D eigenvalue weighted by atomic mass is 10.1. The van der Waals surface area contributed by atoms with Gasteiger partial charge in [0.15, 0.2) is 0 Å². The van der Waals surface area contributed by atoms with Crippen LogP contribution in [0.2, 0.25) is 0 Å². The molecule has 0 saturated heterocycles. The van der Waals surface area contributed by atoms with Crippen LogP contribution in [0.5, 0.6) is 0 Å². The molecule has 1 amide bonds. The van der Waals surface area contributed by atoms with Crippen LogP contribution in [0.15, 0.2) is 22.8 Å². The molecule has 1 atom stereocenters. The Kier molecular flexibility index (Phi) is 7.09. The van der Waals surface area contributed by atoms with Gasteiger partial charge >= 0.3 is 12.1 Å². The first-order valence-corrected chi connectivity index (χ1v) is 7.47. The van der Waals surface area contributed by atoms with Crippen molar-refractivity contribution in [3.63, 3.8) is 0 Å². The Morgan fingerprint density at radius 3 is 2.61 bits per heavy atom. The van der Waals surface area contributed by atoms with Gasteiger partial charge in [-0.1, -0.05) is 0 Å². The predicted octanol–water partition coefficient (Wildman–Crippen LogP) is 2.55. The van der Waals surface area contributed by atoms with Crippen LogP contribution in [0.3, 0.4) is 0 Å². The predicted molar refractivity (Wildman–Crippen MR) is 83.3 cm³/mol. The number of likely N-dealkylation sites (N-methyl/N-ethyl adjacent to an activating group) is 1. The molecule has 1 N–H and O–H groups in total. The molecule has 0 unspecified atom stereocenters. The smallest absolute Gasteiger partial charge is 0.410 e. The van der Waals surface area contributed by atoms with Gasteiger partial charge in [0.25, 0.3) is 0 Å². The number of rotatable bonds is 8. The van der Waals surface area contributed by atoms with Crippen LogP contribution in [0.4, 0.5) is 4.79 Å². The van der Waals surface area contributed by atoms with Crippen molar-refractivity contribution >= 4 is 12.1 Å². The van der Waals surface area contributed by atoms with E-state index in [2.05, 4.69) is 0 Å². The maximum absolute atomic E-state index is 12.2. The fourth-order valence-electron chi connectivity index (χ4n) is 1.96. The van der Waals surface area contributed by atoms with E-state index < -0.39 is 17.7 Å². The Balaban J connectivity index is 2.65. The van der Waals surface area contributed by atoms with Gasteiger partial charge in [-0.05, 0) is 39.3 Å². The maximum Gasteiger partial charge on any atom is 0.410 e. The molecule has 1 aromatic heterocycles. The van der Waals surface area contributed by atoms with Crippen LogP contribution >= 0.6 is 0 Å². The van der Waals surface area contributed by atoms with Gasteiger partial charge in [0.05, 0.1) is 6.26 Å². The molecule has 7 heteroatoms. The van der Waals surface area contributed by atoms with Gasteiger partial charge in [0, 0.05) is 26.1 Å². The van der Waals surface area contributed by atoms with Crippen molar-refractivity contribution < 1.29 is 28.6 Å². The summed E-state index contributed by atoms with van der Waals surface area (Å²) in [6.07, 6.45) is 2.11. The van der Waals surface area contributed by atoms with Gasteiger partial charge in [-0.15, -0.1) is 0 Å². The molecule has 1 heterocycles. The maximum atomic E-state index is 12.2. The van der Waals surface area contributed by atoms with Crippen molar-refractivity contribution in [2.45, 2.75) is 45.3 Å². The largest absolute Gasteiger partial charge is 0.480 e. The molecule has 0 aliphatic heterocycles. The van der Waals surface area contributed by atoms with E-state index in [4.69, 9.17) is 19.0 Å². The van der Waals surface area contributed by atoms with E-state index in [-0.39, 0.29) is 19.3 Å². The number of carboxylic acids is 1. The Morgan fingerprint density at radius 1 is 1.39 bits per heavy atom. The van der Waals surface area contributed by atoms with E-state index >= 15 is 0 Å². The summed E-state index contributed by atoms with van der Waals surface area (Å²) in [6, 6.07) is 3.39. The molecule has 0 aliphatic carbocycles. The molecule has 0 fully saturated rings. The highest BCUT2D eigenvalue weighted by molar-refractivity contribution is 5.68. The van der Waals surface area contributed by atoms with E-state index in [1.807, 2.05) is 6.07 Å². The standard InChI is InChI=1S/C16H25NO6/c1-16(2,3)23-15(20)17(4)12(7-9-21-11-14(18)19)10-13-6-5-8-22-13/h5-6,8,12H,7,9-11H2,1-4H3,(H,18,19)/t12-/m0/s1. The molecule has 0 radical (unpaired) electrons. The molecule has 23 heavy (non-hydrogen) atoms. The minimum Gasteiger partial charge on any atom is -0.480 e. The zero-order valence-electron chi connectivity index (χ0n) is 14.1. The Bertz CT molecular complexity index is 491. The summed E-state index contributed by atoms with van der Waals surface area (Å²) in [7, 11) is 1.65. The summed E-state index contributed by atoms with van der Waals surface area (Å²) >= 11 is 0. The van der Waals surface area contributed by atoms with Gasteiger partial charge in [-0.2, -0.15) is 0 Å². The number of amides is 1. The van der Waals surface area contributed by atoms with Crippen LogP contribution in [-0.4, -0.2) is 54.0 Å². The second-order valence-electron chi connectivity index (χ2n) is 6.26. The fraction of sp³-hybridized carbons (Fsp3) is 0.625. The normalized spacial score (nSPS) is 12.7. The van der Waals surface area contributed by atoms with Gasteiger partial charge in [-0.3, -0.25) is 0 Å². The van der Waals surface area contributed by atoms with Crippen molar-refractivity contribution in [2.75, 3.05) is 20.3 Å². The van der Waals surface area contributed by atoms with Crippen LogP contribution in [0.25, 0.3) is 0 Å². The summed E-state index contributed by atoms with van der Waals surface area (Å²) in [5.41, 5.74) is -0.583. The Hall–Kier alpha value is -2.02. The molecular formula is C16H25NO6. The number of nitrogens with zero attached hydrogens (tertiary/aromatic N) is 1. The molecule has 0 bridgehead atoms. The first-order valence-electron chi connectivity index (χ1n) is 7.47. The molecule has 1 rings (SSSR count). The van der Waals surface area contributed by atoms with E-state index in [0.29, 0.717) is 12.8 Å². The third-order valence-corrected chi connectivity index (χ3v) is 3.07. The molecule has 1 aromatic rings. The summed E-state index contributed by atoms with van der Waals surface area (Å²) in [5, 5.41) is 8.59. The summed E-state index contributed by atoms with van der Waals surface area (Å²) in [5.74, 6) is -0.281. The topological polar surface area (TPSA) is 89.2 Å². The average Bonchev–Trinajstić information content (AvgIpc) is 2.92. The van der Waals surface area contributed by atoms with Crippen LogP contribution in [-0.2, 0) is 20.7 Å². The van der Waals surface area contributed by atoms with Crippen molar-refractivity contribution in [1.29, 1.82) is 0 Å². The minimum absolute atomic E-state index is 0.218. The first-order chi connectivity index (χ1) is 10.7. The summed E-state index contributed by atoms with van der Waals surface area (Å²) < 4.78 is 15.8. The van der Waals surface area contributed by atoms with Gasteiger partial charge in [0.1, 0.15) is 18.0 Å². The number of carboxylic acid groups (broad SMARTS) is 1. The molecule has 7 nitrogen and oxygen atoms in total. The summed E-state index contributed by atoms with van der Waals surface area (Å²) in [6.45, 7) is 5.27.